The molecule has 3 aromatic carbocycles. The van der Waals surface area contributed by atoms with Gasteiger partial charge < -0.3 is 14.2 Å². The summed E-state index contributed by atoms with van der Waals surface area (Å²) in [6, 6.07) is 15.7. The summed E-state index contributed by atoms with van der Waals surface area (Å²) in [4.78, 5) is 27.4. The molecular weight excluding hydrogens is 443 g/mol. The number of benzene rings is 3. The highest BCUT2D eigenvalue weighted by Gasteiger charge is 2.26. The van der Waals surface area contributed by atoms with Crippen LogP contribution in [-0.2, 0) is 16.1 Å². The standard InChI is InChI=1S/C25H19FN2O6/c1-15-10-11-17(13-21(15)28(30)31)24-27-20(25(29)34-24)12-16-7-5-9-22(32-2)23(16)33-14-18-6-3-4-8-19(18)26/h3-13H,14H2,1-2H3/b20-12-. The van der Waals surface area contributed by atoms with Crippen molar-refractivity contribution in [1.29, 1.82) is 0 Å². The zero-order chi connectivity index (χ0) is 24.2. The minimum absolute atomic E-state index is 0.0257. The van der Waals surface area contributed by atoms with Crippen molar-refractivity contribution in [1.82, 2.24) is 0 Å². The Kier molecular flexibility index (Phi) is 6.35. The average molecular weight is 462 g/mol. The van der Waals surface area contributed by atoms with Crippen LogP contribution in [0, 0.1) is 22.9 Å². The summed E-state index contributed by atoms with van der Waals surface area (Å²) in [6.45, 7) is 1.55. The van der Waals surface area contributed by atoms with E-state index in [0.29, 0.717) is 33.8 Å². The van der Waals surface area contributed by atoms with E-state index in [-0.39, 0.29) is 23.9 Å². The van der Waals surface area contributed by atoms with Gasteiger partial charge >= 0.3 is 5.97 Å². The average Bonchev–Trinajstić information content (AvgIpc) is 3.19. The van der Waals surface area contributed by atoms with Gasteiger partial charge in [0, 0.05) is 28.3 Å². The van der Waals surface area contributed by atoms with Gasteiger partial charge in [0.2, 0.25) is 5.90 Å². The van der Waals surface area contributed by atoms with Gasteiger partial charge in [-0.3, -0.25) is 10.1 Å². The molecule has 9 heteroatoms. The van der Waals surface area contributed by atoms with Crippen molar-refractivity contribution in [2.75, 3.05) is 7.11 Å². The summed E-state index contributed by atoms with van der Waals surface area (Å²) in [5.41, 5.74) is 1.46. The fraction of sp³-hybridized carbons (Fsp3) is 0.120. The van der Waals surface area contributed by atoms with Gasteiger partial charge in [0.25, 0.3) is 5.69 Å². The summed E-state index contributed by atoms with van der Waals surface area (Å²) >= 11 is 0. The van der Waals surface area contributed by atoms with E-state index in [4.69, 9.17) is 14.2 Å². The van der Waals surface area contributed by atoms with Crippen molar-refractivity contribution in [3.8, 4) is 11.5 Å². The Labute approximate surface area is 194 Å². The Morgan fingerprint density at radius 2 is 1.94 bits per heavy atom. The first-order chi connectivity index (χ1) is 16.4. The zero-order valence-corrected chi connectivity index (χ0v) is 18.3. The van der Waals surface area contributed by atoms with E-state index < -0.39 is 16.7 Å². The Hall–Kier alpha value is -4.53. The topological polar surface area (TPSA) is 100 Å². The summed E-state index contributed by atoms with van der Waals surface area (Å²) in [6.07, 6.45) is 1.46. The highest BCUT2D eigenvalue weighted by molar-refractivity contribution is 6.13. The van der Waals surface area contributed by atoms with Crippen molar-refractivity contribution < 1.29 is 28.3 Å². The van der Waals surface area contributed by atoms with Crippen LogP contribution in [0.25, 0.3) is 6.08 Å². The molecule has 1 aliphatic heterocycles. The first-order valence-electron chi connectivity index (χ1n) is 10.2. The summed E-state index contributed by atoms with van der Waals surface area (Å²) < 4.78 is 30.5. The molecule has 0 unspecified atom stereocenters. The molecule has 0 radical (unpaired) electrons. The highest BCUT2D eigenvalue weighted by Crippen LogP contribution is 2.34. The number of halogens is 1. The lowest BCUT2D eigenvalue weighted by molar-refractivity contribution is -0.385. The van der Waals surface area contributed by atoms with E-state index in [0.717, 1.165) is 0 Å². The van der Waals surface area contributed by atoms with Gasteiger partial charge in [-0.25, -0.2) is 14.2 Å². The molecule has 172 valence electrons. The van der Waals surface area contributed by atoms with Crippen molar-refractivity contribution in [3.63, 3.8) is 0 Å². The molecule has 0 aliphatic carbocycles. The van der Waals surface area contributed by atoms with E-state index in [1.165, 1.54) is 25.3 Å². The maximum Gasteiger partial charge on any atom is 0.363 e. The van der Waals surface area contributed by atoms with Crippen LogP contribution in [0.2, 0.25) is 0 Å². The molecule has 34 heavy (non-hydrogen) atoms. The van der Waals surface area contributed by atoms with Crippen LogP contribution in [0.5, 0.6) is 11.5 Å². The van der Waals surface area contributed by atoms with Gasteiger partial charge in [0.05, 0.1) is 12.0 Å². The molecule has 0 spiro atoms. The smallest absolute Gasteiger partial charge is 0.363 e. The van der Waals surface area contributed by atoms with Gasteiger partial charge in [-0.1, -0.05) is 36.4 Å². The molecular formula is C25H19FN2O6. The lowest BCUT2D eigenvalue weighted by atomic mass is 10.1. The second-order valence-corrected chi connectivity index (χ2v) is 7.35. The molecule has 0 saturated heterocycles. The van der Waals surface area contributed by atoms with Gasteiger partial charge in [0.1, 0.15) is 12.4 Å². The summed E-state index contributed by atoms with van der Waals surface area (Å²) in [7, 11) is 1.46. The van der Waals surface area contributed by atoms with Crippen LogP contribution >= 0.6 is 0 Å². The van der Waals surface area contributed by atoms with Crippen molar-refractivity contribution in [2.24, 2.45) is 4.99 Å². The maximum atomic E-state index is 14.0. The lowest BCUT2D eigenvalue weighted by Crippen LogP contribution is -2.06. The molecule has 0 aromatic heterocycles. The second kappa shape index (κ2) is 9.53. The van der Waals surface area contributed by atoms with Crippen molar-refractivity contribution in [3.05, 3.63) is 105 Å². The number of esters is 1. The van der Waals surface area contributed by atoms with E-state index in [1.807, 2.05) is 0 Å². The molecule has 0 amide bonds. The summed E-state index contributed by atoms with van der Waals surface area (Å²) in [5.74, 6) is -0.492. The Bertz CT molecular complexity index is 1350. The molecule has 3 aromatic rings. The number of nitro groups is 1. The molecule has 0 N–H and O–H groups in total. The molecule has 4 rings (SSSR count). The van der Waals surface area contributed by atoms with Crippen molar-refractivity contribution in [2.45, 2.75) is 13.5 Å². The third-order valence-corrected chi connectivity index (χ3v) is 5.12. The van der Waals surface area contributed by atoms with E-state index in [9.17, 15) is 19.3 Å². The van der Waals surface area contributed by atoms with Gasteiger partial charge in [-0.2, -0.15) is 0 Å². The van der Waals surface area contributed by atoms with Gasteiger partial charge in [0.15, 0.2) is 17.2 Å². The molecule has 0 fully saturated rings. The van der Waals surface area contributed by atoms with E-state index in [1.54, 1.807) is 55.5 Å². The van der Waals surface area contributed by atoms with Gasteiger partial charge in [-0.05, 0) is 31.2 Å². The fourth-order valence-corrected chi connectivity index (χ4v) is 3.35. The molecule has 8 nitrogen and oxygen atoms in total. The van der Waals surface area contributed by atoms with Crippen LogP contribution in [0.1, 0.15) is 22.3 Å². The largest absolute Gasteiger partial charge is 0.493 e. The number of para-hydroxylation sites is 1. The second-order valence-electron chi connectivity index (χ2n) is 7.35. The number of carbonyl (C=O) groups is 1. The van der Waals surface area contributed by atoms with Crippen LogP contribution in [0.15, 0.2) is 71.4 Å². The third kappa shape index (κ3) is 4.63. The van der Waals surface area contributed by atoms with Gasteiger partial charge in [-0.15, -0.1) is 0 Å². The monoisotopic (exact) mass is 462 g/mol. The molecule has 0 bridgehead atoms. The lowest BCUT2D eigenvalue weighted by Gasteiger charge is -2.14. The minimum atomic E-state index is -0.721. The molecule has 0 atom stereocenters. The number of hydrogen-bond donors (Lipinski definition) is 0. The SMILES string of the molecule is COc1cccc(/C=C2\N=C(c3ccc(C)c([N+](=O)[O-])c3)OC2=O)c1OCc1ccccc1F. The summed E-state index contributed by atoms with van der Waals surface area (Å²) in [5, 5.41) is 11.2. The van der Waals surface area contributed by atoms with Crippen LogP contribution < -0.4 is 9.47 Å². The van der Waals surface area contributed by atoms with E-state index in [2.05, 4.69) is 4.99 Å². The van der Waals surface area contributed by atoms with Crippen LogP contribution in [0.4, 0.5) is 10.1 Å². The van der Waals surface area contributed by atoms with Crippen molar-refractivity contribution >= 4 is 23.6 Å². The molecule has 1 heterocycles. The normalized spacial score (nSPS) is 14.0. The number of cyclic esters (lactones) is 1. The number of aryl methyl sites for hydroxylation is 1. The number of ether oxygens (including phenoxy) is 3. The van der Waals surface area contributed by atoms with Crippen LogP contribution in [0.3, 0.4) is 0 Å². The van der Waals surface area contributed by atoms with E-state index >= 15 is 0 Å². The first kappa shape index (κ1) is 22.7. The number of nitrogens with zero attached hydrogens (tertiary/aromatic N) is 2. The molecule has 0 saturated carbocycles. The fourth-order valence-electron chi connectivity index (χ4n) is 3.35. The maximum absolute atomic E-state index is 14.0. The number of nitro benzene ring substituents is 1. The predicted octanol–water partition coefficient (Wildman–Crippen LogP) is 4.97. The number of methoxy groups -OCH3 is 1. The Balaban J connectivity index is 1.68. The number of hydrogen-bond acceptors (Lipinski definition) is 7. The Morgan fingerprint density at radius 3 is 2.68 bits per heavy atom. The first-order valence-corrected chi connectivity index (χ1v) is 10.2. The zero-order valence-electron chi connectivity index (χ0n) is 18.3. The highest BCUT2D eigenvalue weighted by atomic mass is 19.1. The minimum Gasteiger partial charge on any atom is -0.493 e. The number of aliphatic imine (C=N–C) groups is 1. The Morgan fingerprint density at radius 1 is 1.15 bits per heavy atom. The third-order valence-electron chi connectivity index (χ3n) is 5.12. The molecule has 1 aliphatic rings. The number of carbonyl (C=O) groups excluding carboxylic acids is 1. The predicted molar refractivity (Wildman–Crippen MR) is 122 cm³/mol. The number of rotatable bonds is 7. The van der Waals surface area contributed by atoms with Crippen LogP contribution in [-0.4, -0.2) is 23.9 Å². The quantitative estimate of drug-likeness (QED) is 0.213.